The van der Waals surface area contributed by atoms with Gasteiger partial charge in [-0.05, 0) is 35.2 Å². The van der Waals surface area contributed by atoms with Crippen LogP contribution in [0.3, 0.4) is 0 Å². The van der Waals surface area contributed by atoms with Crippen LogP contribution in [0.25, 0.3) is 15.8 Å². The Hall–Kier alpha value is -3.16. The van der Waals surface area contributed by atoms with Gasteiger partial charge in [0.2, 0.25) is 0 Å². The van der Waals surface area contributed by atoms with Crippen molar-refractivity contribution in [1.82, 2.24) is 20.4 Å². The molecule has 0 fully saturated rings. The molecule has 0 saturated carbocycles. The molecule has 0 aliphatic heterocycles. The maximum Gasteiger partial charge on any atom is 0.191 e. The predicted octanol–water partition coefficient (Wildman–Crippen LogP) is 3.49. The van der Waals surface area contributed by atoms with E-state index in [0.29, 0.717) is 19.0 Å². The van der Waals surface area contributed by atoms with E-state index in [1.54, 1.807) is 24.6 Å². The van der Waals surface area contributed by atoms with Crippen molar-refractivity contribution in [2.45, 2.75) is 12.6 Å². The Balaban J connectivity index is 1.37. The Kier molecular flexibility index (Phi) is 5.88. The lowest BCUT2D eigenvalue weighted by molar-refractivity contribution is 0.184. The summed E-state index contributed by atoms with van der Waals surface area (Å²) in [6, 6.07) is 20.2. The summed E-state index contributed by atoms with van der Waals surface area (Å²) in [6.07, 6.45) is 3.09. The number of rotatable bonds is 6. The fourth-order valence-corrected chi connectivity index (χ4v) is 4.21. The van der Waals surface area contributed by atoms with E-state index in [0.717, 1.165) is 21.5 Å². The minimum atomic E-state index is -0.595. The van der Waals surface area contributed by atoms with E-state index in [9.17, 15) is 5.11 Å². The zero-order chi connectivity index (χ0) is 20.1. The highest BCUT2D eigenvalue weighted by Gasteiger charge is 2.12. The highest BCUT2D eigenvalue weighted by Crippen LogP contribution is 2.29. The Morgan fingerprint density at radius 2 is 1.97 bits per heavy atom. The SMILES string of the molecule is CN=C(NCc1ccccc1-n1cccn1)NCC(O)c1cc2ccccc2s1. The maximum absolute atomic E-state index is 10.6. The van der Waals surface area contributed by atoms with E-state index in [1.165, 1.54) is 4.70 Å². The van der Waals surface area contributed by atoms with Gasteiger partial charge < -0.3 is 15.7 Å². The van der Waals surface area contributed by atoms with Crippen LogP contribution in [0.15, 0.2) is 78.0 Å². The standard InChI is InChI=1S/C22H23N5OS/c1-23-22(24-14-17-8-2-4-9-18(17)27-12-6-11-26-27)25-15-19(28)21-13-16-7-3-5-10-20(16)29-21/h2-13,19,28H,14-15H2,1H3,(H2,23,24,25). The van der Waals surface area contributed by atoms with Crippen molar-refractivity contribution < 1.29 is 5.11 Å². The van der Waals surface area contributed by atoms with Gasteiger partial charge >= 0.3 is 0 Å². The lowest BCUT2D eigenvalue weighted by Gasteiger charge is -2.16. The molecule has 0 radical (unpaired) electrons. The van der Waals surface area contributed by atoms with Crippen LogP contribution in [0.2, 0.25) is 0 Å². The minimum absolute atomic E-state index is 0.382. The fraction of sp³-hybridized carbons (Fsp3) is 0.182. The van der Waals surface area contributed by atoms with E-state index >= 15 is 0 Å². The molecule has 6 nitrogen and oxygen atoms in total. The van der Waals surface area contributed by atoms with Gasteiger partial charge in [0.25, 0.3) is 0 Å². The first kappa shape index (κ1) is 19.2. The normalized spacial score (nSPS) is 12.8. The van der Waals surface area contributed by atoms with Crippen molar-refractivity contribution in [2.75, 3.05) is 13.6 Å². The molecule has 0 aliphatic carbocycles. The van der Waals surface area contributed by atoms with Crippen molar-refractivity contribution in [1.29, 1.82) is 0 Å². The van der Waals surface area contributed by atoms with Crippen molar-refractivity contribution in [2.24, 2.45) is 4.99 Å². The number of thiophene rings is 1. The number of aliphatic hydroxyl groups is 1. The highest BCUT2D eigenvalue weighted by molar-refractivity contribution is 7.19. The zero-order valence-electron chi connectivity index (χ0n) is 16.1. The molecule has 2 heterocycles. The van der Waals surface area contributed by atoms with E-state index in [2.05, 4.69) is 38.9 Å². The number of guanidine groups is 1. The first-order valence-electron chi connectivity index (χ1n) is 9.43. The van der Waals surface area contributed by atoms with Gasteiger partial charge in [-0.3, -0.25) is 4.99 Å². The number of aliphatic imine (C=N–C) groups is 1. The van der Waals surface area contributed by atoms with Crippen LogP contribution >= 0.6 is 11.3 Å². The lowest BCUT2D eigenvalue weighted by atomic mass is 10.2. The van der Waals surface area contributed by atoms with Gasteiger partial charge in [0.15, 0.2) is 5.96 Å². The molecular weight excluding hydrogens is 382 g/mol. The third kappa shape index (κ3) is 4.47. The summed E-state index contributed by atoms with van der Waals surface area (Å²) in [7, 11) is 1.72. The fourth-order valence-electron chi connectivity index (χ4n) is 3.16. The largest absolute Gasteiger partial charge is 0.386 e. The highest BCUT2D eigenvalue weighted by atomic mass is 32.1. The van der Waals surface area contributed by atoms with Gasteiger partial charge in [0.05, 0.1) is 5.69 Å². The average Bonchev–Trinajstić information content (AvgIpc) is 3.44. The first-order chi connectivity index (χ1) is 14.2. The Morgan fingerprint density at radius 1 is 1.14 bits per heavy atom. The van der Waals surface area contributed by atoms with Gasteiger partial charge in [-0.1, -0.05) is 36.4 Å². The zero-order valence-corrected chi connectivity index (χ0v) is 16.9. The topological polar surface area (TPSA) is 74.5 Å². The van der Waals surface area contributed by atoms with Crippen LogP contribution in [0.5, 0.6) is 0 Å². The van der Waals surface area contributed by atoms with Crippen LogP contribution in [0, 0.1) is 0 Å². The molecule has 4 rings (SSSR count). The summed E-state index contributed by atoms with van der Waals surface area (Å²) in [5.41, 5.74) is 2.12. The third-order valence-electron chi connectivity index (χ3n) is 4.65. The second-order valence-electron chi connectivity index (χ2n) is 6.59. The smallest absolute Gasteiger partial charge is 0.191 e. The van der Waals surface area contributed by atoms with Gasteiger partial charge in [-0.25, -0.2) is 4.68 Å². The van der Waals surface area contributed by atoms with E-state index < -0.39 is 6.10 Å². The molecule has 0 bridgehead atoms. The Morgan fingerprint density at radius 3 is 2.76 bits per heavy atom. The molecule has 1 unspecified atom stereocenters. The molecule has 29 heavy (non-hydrogen) atoms. The van der Waals surface area contributed by atoms with Crippen molar-refractivity contribution in [3.8, 4) is 5.69 Å². The number of benzene rings is 2. The molecule has 4 aromatic rings. The summed E-state index contributed by atoms with van der Waals surface area (Å²) in [4.78, 5) is 5.21. The van der Waals surface area contributed by atoms with E-state index in [1.807, 2.05) is 53.3 Å². The van der Waals surface area contributed by atoms with Crippen molar-refractivity contribution in [3.05, 3.63) is 83.5 Å². The summed E-state index contributed by atoms with van der Waals surface area (Å²) < 4.78 is 3.03. The van der Waals surface area contributed by atoms with Gasteiger partial charge in [0.1, 0.15) is 6.10 Å². The van der Waals surface area contributed by atoms with Crippen LogP contribution in [0.1, 0.15) is 16.5 Å². The van der Waals surface area contributed by atoms with Crippen molar-refractivity contribution >= 4 is 27.4 Å². The number of hydrogen-bond donors (Lipinski definition) is 3. The van der Waals surface area contributed by atoms with Crippen LogP contribution < -0.4 is 10.6 Å². The van der Waals surface area contributed by atoms with Crippen LogP contribution in [-0.4, -0.2) is 34.4 Å². The molecule has 2 aromatic heterocycles. The van der Waals surface area contributed by atoms with Gasteiger partial charge in [0, 0.05) is 42.1 Å². The Bertz CT molecular complexity index is 1070. The summed E-state index contributed by atoms with van der Waals surface area (Å²) in [5, 5.41) is 22.6. The molecule has 3 N–H and O–H groups in total. The molecule has 7 heteroatoms. The molecular formula is C22H23N5OS. The molecule has 0 spiro atoms. The van der Waals surface area contributed by atoms with Gasteiger partial charge in [-0.2, -0.15) is 5.10 Å². The number of nitrogens with one attached hydrogen (secondary N) is 2. The summed E-state index contributed by atoms with van der Waals surface area (Å²) in [6.45, 7) is 0.974. The van der Waals surface area contributed by atoms with E-state index in [-0.39, 0.29) is 0 Å². The summed E-state index contributed by atoms with van der Waals surface area (Å²) >= 11 is 1.62. The second kappa shape index (κ2) is 8.89. The number of hydrogen-bond acceptors (Lipinski definition) is 4. The molecule has 0 amide bonds. The minimum Gasteiger partial charge on any atom is -0.386 e. The molecule has 0 saturated heterocycles. The number of aliphatic hydroxyl groups excluding tert-OH is 1. The Labute approximate surface area is 173 Å². The molecule has 2 aromatic carbocycles. The lowest BCUT2D eigenvalue weighted by Crippen LogP contribution is -2.39. The predicted molar refractivity (Wildman–Crippen MR) is 119 cm³/mol. The summed E-state index contributed by atoms with van der Waals surface area (Å²) in [5.74, 6) is 0.639. The number of aromatic nitrogens is 2. The molecule has 148 valence electrons. The van der Waals surface area contributed by atoms with E-state index in [4.69, 9.17) is 0 Å². The number of fused-ring (bicyclic) bond motifs is 1. The van der Waals surface area contributed by atoms with Crippen LogP contribution in [-0.2, 0) is 6.54 Å². The molecule has 1 atom stereocenters. The number of nitrogens with zero attached hydrogens (tertiary/aromatic N) is 3. The van der Waals surface area contributed by atoms with Crippen molar-refractivity contribution in [3.63, 3.8) is 0 Å². The average molecular weight is 406 g/mol. The third-order valence-corrected chi connectivity index (χ3v) is 5.87. The van der Waals surface area contributed by atoms with Crippen LogP contribution in [0.4, 0.5) is 0 Å². The number of para-hydroxylation sites is 1. The second-order valence-corrected chi connectivity index (χ2v) is 7.70. The molecule has 0 aliphatic rings. The first-order valence-corrected chi connectivity index (χ1v) is 10.3. The quantitative estimate of drug-likeness (QED) is 0.339. The maximum atomic E-state index is 10.6. The van der Waals surface area contributed by atoms with Gasteiger partial charge in [-0.15, -0.1) is 11.3 Å². The monoisotopic (exact) mass is 405 g/mol.